The number of hydrogen-bond acceptors (Lipinski definition) is 12. The van der Waals surface area contributed by atoms with Crippen LogP contribution in [0.5, 0.6) is 11.6 Å². The minimum Gasteiger partial charge on any atom is -0.508 e. The van der Waals surface area contributed by atoms with Crippen molar-refractivity contribution < 1.29 is 23.7 Å². The van der Waals surface area contributed by atoms with E-state index in [4.69, 9.17) is 15.2 Å². The Morgan fingerprint density at radius 2 is 1.18 bits per heavy atom. The number of methoxy groups -OCH3 is 2. The molecular weight excluding hydrogens is 1010 g/mol. The van der Waals surface area contributed by atoms with Gasteiger partial charge in [-0.3, -0.25) is 14.6 Å². The van der Waals surface area contributed by atoms with Gasteiger partial charge in [-0.2, -0.15) is 0 Å². The first-order valence-electron chi connectivity index (χ1n) is 24.6. The molecule has 6 aromatic heterocycles. The fourth-order valence-corrected chi connectivity index (χ4v) is 8.97. The molecule has 18 heteroatoms. The predicted molar refractivity (Wildman–Crippen MR) is 310 cm³/mol. The molecule has 0 spiro atoms. The van der Waals surface area contributed by atoms with Crippen LogP contribution in [0.1, 0.15) is 40.6 Å². The van der Waals surface area contributed by atoms with E-state index in [1.54, 1.807) is 144 Å². The second kappa shape index (κ2) is 23.9. The molecule has 0 bridgehead atoms. The third-order valence-corrected chi connectivity index (χ3v) is 12.4. The molecule has 5 N–H and O–H groups in total. The van der Waals surface area contributed by atoms with Gasteiger partial charge in [0.25, 0.3) is 11.1 Å². The number of benzene rings is 4. The summed E-state index contributed by atoms with van der Waals surface area (Å²) in [6.07, 6.45) is 11.8. The number of pyridine rings is 4. The van der Waals surface area contributed by atoms with Crippen LogP contribution in [0, 0.1) is 0 Å². The number of fused-ring (bicyclic) bond motifs is 2. The van der Waals surface area contributed by atoms with Crippen LogP contribution in [-0.4, -0.2) is 98.4 Å². The Morgan fingerprint density at radius 3 is 1.78 bits per heavy atom. The number of hydrogen-bond donors (Lipinski definition) is 4. The number of aromatic hydroxyl groups is 1. The summed E-state index contributed by atoms with van der Waals surface area (Å²) in [5, 5.41) is 12.0. The van der Waals surface area contributed by atoms with Gasteiger partial charge in [0.05, 0.1) is 68.9 Å². The van der Waals surface area contributed by atoms with E-state index in [2.05, 4.69) is 36.0 Å². The largest absolute Gasteiger partial charge is 0.508 e. The van der Waals surface area contributed by atoms with Crippen LogP contribution in [0.2, 0.25) is 0 Å². The number of rotatable bonds is 11. The Hall–Kier alpha value is -8.00. The summed E-state index contributed by atoms with van der Waals surface area (Å²) in [5.74, 6) is 0.602. The van der Waals surface area contributed by atoms with E-state index in [1.165, 1.54) is 0 Å². The maximum Gasteiger partial charge on any atom is 0.251 e. The molecule has 0 saturated carbocycles. The van der Waals surface area contributed by atoms with Crippen LogP contribution in [0.15, 0.2) is 181 Å². The van der Waals surface area contributed by atoms with Crippen molar-refractivity contribution in [1.29, 1.82) is 0 Å². The number of aromatic amines is 2. The van der Waals surface area contributed by atoms with Gasteiger partial charge in [-0.25, -0.2) is 15.0 Å². The van der Waals surface area contributed by atoms with Gasteiger partial charge in [0.2, 0.25) is 5.88 Å². The molecule has 0 fully saturated rings. The maximum absolute atomic E-state index is 12.9. The average molecular weight is 1070 g/mol. The lowest BCUT2D eigenvalue weighted by molar-refractivity contribution is 0.0550. The molecule has 6 heterocycles. The molecule has 16 nitrogen and oxygen atoms in total. The van der Waals surface area contributed by atoms with Gasteiger partial charge < -0.3 is 48.5 Å². The molecular formula is C59H65N9O7P2. The number of aromatic nitrogens is 8. The van der Waals surface area contributed by atoms with Crippen molar-refractivity contribution in [3.63, 3.8) is 0 Å². The number of H-pyrrole nitrogens is 2. The molecule has 398 valence electrons. The fourth-order valence-electron chi connectivity index (χ4n) is 8.97. The van der Waals surface area contributed by atoms with Crippen LogP contribution in [0.25, 0.3) is 44.1 Å². The minimum absolute atomic E-state index is 0.0652. The molecule has 2 atom stereocenters. The highest BCUT2D eigenvalue weighted by Crippen LogP contribution is 2.42. The number of nitrogens with one attached hydrogen (secondary N) is 2. The summed E-state index contributed by atoms with van der Waals surface area (Å²) in [6, 6.07) is 39.6. The third-order valence-electron chi connectivity index (χ3n) is 12.4. The van der Waals surface area contributed by atoms with Crippen LogP contribution < -0.4 is 21.6 Å². The fraction of sp³-hybridized carbons (Fsp3) is 0.220. The monoisotopic (exact) mass is 1070 g/mol. The summed E-state index contributed by atoms with van der Waals surface area (Å²) >= 11 is 0. The lowest BCUT2D eigenvalue weighted by Gasteiger charge is -2.33. The number of imidazole rings is 2. The SMILES string of the molecule is CCn1c(=O)cc(-c2cccnc2)c2cc(C(N)(c3cccc(O)c3)c3cnc[nH]3)ccc21.COc1cc(C(OC)(c2ccc3c(c2)c(-c2ccccc2)cc(=O)n3C)c2cnc[nH]2)ccn1.CP(C)(C)=O.CP(C)(C)=O. The zero-order chi connectivity index (χ0) is 55.7. The van der Waals surface area contributed by atoms with Gasteiger partial charge >= 0.3 is 0 Å². The van der Waals surface area contributed by atoms with E-state index in [0.29, 0.717) is 23.7 Å². The second-order valence-electron chi connectivity index (χ2n) is 19.7. The van der Waals surface area contributed by atoms with Crippen LogP contribution in [0.3, 0.4) is 0 Å². The highest BCUT2D eigenvalue weighted by Gasteiger charge is 2.39. The highest BCUT2D eigenvalue weighted by atomic mass is 31.2. The Morgan fingerprint density at radius 1 is 0.610 bits per heavy atom. The first-order chi connectivity index (χ1) is 36.6. The van der Waals surface area contributed by atoms with Gasteiger partial charge in [-0.05, 0) is 129 Å². The van der Waals surface area contributed by atoms with Gasteiger partial charge in [0.1, 0.15) is 11.3 Å². The quantitative estimate of drug-likeness (QED) is 0.0888. The van der Waals surface area contributed by atoms with Crippen molar-refractivity contribution >= 4 is 36.1 Å². The molecule has 0 aliphatic carbocycles. The van der Waals surface area contributed by atoms with Gasteiger partial charge in [0.15, 0.2) is 5.60 Å². The summed E-state index contributed by atoms with van der Waals surface area (Å²) in [7, 11) is 1.75. The smallest absolute Gasteiger partial charge is 0.251 e. The Kier molecular flexibility index (Phi) is 17.6. The molecule has 10 rings (SSSR count). The molecule has 0 aliphatic heterocycles. The van der Waals surface area contributed by atoms with Crippen LogP contribution in [-0.2, 0) is 38.6 Å². The van der Waals surface area contributed by atoms with Gasteiger partial charge in [-0.1, -0.05) is 60.7 Å². The van der Waals surface area contributed by atoms with E-state index >= 15 is 0 Å². The van der Waals surface area contributed by atoms with E-state index < -0.39 is 25.4 Å². The molecule has 4 aromatic carbocycles. The number of phenols is 1. The molecule has 0 radical (unpaired) electrons. The zero-order valence-corrected chi connectivity index (χ0v) is 46.7. The molecule has 77 heavy (non-hydrogen) atoms. The minimum atomic E-state index is -1.64. The summed E-state index contributed by atoms with van der Waals surface area (Å²) in [6.45, 7) is 13.0. The second-order valence-corrected chi connectivity index (χ2v) is 27.3. The number of phenolic OH excluding ortho intramolecular Hbond substituents is 1. The van der Waals surface area contributed by atoms with Crippen LogP contribution in [0.4, 0.5) is 0 Å². The number of aryl methyl sites for hydroxylation is 2. The van der Waals surface area contributed by atoms with Crippen LogP contribution >= 0.6 is 14.3 Å². The molecule has 0 amide bonds. The highest BCUT2D eigenvalue weighted by molar-refractivity contribution is 7.61. The molecule has 0 aliphatic rings. The van der Waals surface area contributed by atoms with Crippen molar-refractivity contribution in [2.75, 3.05) is 54.2 Å². The van der Waals surface area contributed by atoms with E-state index in [9.17, 15) is 23.8 Å². The summed E-state index contributed by atoms with van der Waals surface area (Å²) in [4.78, 5) is 48.9. The first-order valence-corrected chi connectivity index (χ1v) is 30.6. The standard InChI is InChI=1S/C27H24N4O3.C26H23N5O2.2C3H9OP/c1-31-23-10-9-19(13-22(23)21(15-26(31)32)18-7-5-4-6-8-18)27(34-3,24-16-28-17-30-24)20-11-12-29-25(14-20)33-2;1-2-31-23-9-8-19(12-22(23)21(13-25(31)33)17-5-4-10-28-14-17)26(27,24-15-29-16-30-24)18-6-3-7-20(32)11-18;2*1-5(2,3)4/h4-17H,1-3H3,(H,28,30);3-16,32H,2,27H2,1H3,(H,29,30);2*1-3H3. The van der Waals surface area contributed by atoms with Crippen molar-refractivity contribution in [3.8, 4) is 33.9 Å². The third kappa shape index (κ3) is 13.0. The topological polar surface area (TPSA) is 226 Å². The van der Waals surface area contributed by atoms with Crippen molar-refractivity contribution in [3.05, 3.63) is 225 Å². The van der Waals surface area contributed by atoms with E-state index in [-0.39, 0.29) is 16.9 Å². The predicted octanol–water partition coefficient (Wildman–Crippen LogP) is 10.5. The lowest BCUT2D eigenvalue weighted by Crippen LogP contribution is -2.39. The first kappa shape index (κ1) is 56.7. The Labute approximate surface area is 447 Å². The molecule has 0 saturated heterocycles. The Bertz CT molecular complexity index is 3800. The van der Waals surface area contributed by atoms with Gasteiger partial charge in [0, 0.05) is 79.4 Å². The number of nitrogens with two attached hydrogens (primary N) is 1. The van der Waals surface area contributed by atoms with Crippen molar-refractivity contribution in [2.45, 2.75) is 24.6 Å². The maximum atomic E-state index is 12.9. The Balaban J connectivity index is 0.000000190. The molecule has 10 aromatic rings. The van der Waals surface area contributed by atoms with E-state index in [1.807, 2.05) is 97.9 Å². The van der Waals surface area contributed by atoms with E-state index in [0.717, 1.165) is 66.4 Å². The van der Waals surface area contributed by atoms with Crippen molar-refractivity contribution in [2.24, 2.45) is 12.8 Å². The zero-order valence-electron chi connectivity index (χ0n) is 44.9. The summed E-state index contributed by atoms with van der Waals surface area (Å²) in [5.41, 5.74) is 14.6. The lowest BCUT2D eigenvalue weighted by atomic mass is 9.80. The molecule has 2 unspecified atom stereocenters. The normalized spacial score (nSPS) is 12.9. The van der Waals surface area contributed by atoms with Gasteiger partial charge in [-0.15, -0.1) is 0 Å². The summed E-state index contributed by atoms with van der Waals surface area (Å²) < 4.78 is 35.5. The number of ether oxygens (including phenoxy) is 2. The average Bonchev–Trinajstić information content (AvgIpc) is 4.31. The number of nitrogens with zero attached hydrogens (tertiary/aromatic N) is 6. The van der Waals surface area contributed by atoms with Crippen molar-refractivity contribution in [1.82, 2.24) is 39.0 Å².